The van der Waals surface area contributed by atoms with Crippen molar-refractivity contribution in [1.82, 2.24) is 0 Å². The molecule has 0 N–H and O–H groups in total. The Labute approximate surface area is 189 Å². The lowest BCUT2D eigenvalue weighted by atomic mass is 9.82. The summed E-state index contributed by atoms with van der Waals surface area (Å²) in [5.41, 5.74) is 7.78. The van der Waals surface area contributed by atoms with Crippen molar-refractivity contribution in [3.63, 3.8) is 0 Å². The molecule has 0 unspecified atom stereocenters. The predicted octanol–water partition coefficient (Wildman–Crippen LogP) is 7.00. The first-order valence-corrected chi connectivity index (χ1v) is 12.2. The fourth-order valence-corrected chi connectivity index (χ4v) is 5.84. The molecule has 2 aliphatic rings. The van der Waals surface area contributed by atoms with E-state index in [0.29, 0.717) is 5.41 Å². The number of nitrogens with zero attached hydrogens (tertiary/aromatic N) is 1. The number of carbonyl (C=O) groups excluding carboxylic acids is 1. The van der Waals surface area contributed by atoms with Crippen LogP contribution in [-0.4, -0.2) is 24.0 Å². The van der Waals surface area contributed by atoms with Crippen molar-refractivity contribution in [2.75, 3.05) is 23.7 Å². The van der Waals surface area contributed by atoms with Crippen molar-refractivity contribution in [2.24, 2.45) is 5.41 Å². The van der Waals surface area contributed by atoms with Crippen LogP contribution in [-0.2, 0) is 0 Å². The number of hydrogen-bond acceptors (Lipinski definition) is 3. The van der Waals surface area contributed by atoms with Crippen LogP contribution in [0.4, 0.5) is 5.69 Å². The molecule has 1 aliphatic heterocycles. The highest BCUT2D eigenvalue weighted by atomic mass is 32.2. The lowest BCUT2D eigenvalue weighted by molar-refractivity contribution is 0.108. The molecule has 0 radical (unpaired) electrons. The Morgan fingerprint density at radius 3 is 2.00 bits per heavy atom. The Morgan fingerprint density at radius 1 is 0.871 bits per heavy atom. The van der Waals surface area contributed by atoms with Gasteiger partial charge < -0.3 is 4.90 Å². The van der Waals surface area contributed by atoms with Crippen molar-refractivity contribution in [3.05, 3.63) is 89.5 Å². The molecular formula is C28H29NOS. The quantitative estimate of drug-likeness (QED) is 0.447. The lowest BCUT2D eigenvalue weighted by Gasteiger charge is -2.38. The molecule has 3 aromatic rings. The van der Waals surface area contributed by atoms with Crippen LogP contribution in [0.3, 0.4) is 0 Å². The summed E-state index contributed by atoms with van der Waals surface area (Å²) in [7, 11) is 0. The minimum Gasteiger partial charge on any atom is -0.371 e. The summed E-state index contributed by atoms with van der Waals surface area (Å²) in [6, 6.07) is 25.4. The maximum absolute atomic E-state index is 12.9. The number of anilines is 1. The van der Waals surface area contributed by atoms with Crippen LogP contribution < -0.4 is 4.90 Å². The van der Waals surface area contributed by atoms with E-state index in [2.05, 4.69) is 79.4 Å². The van der Waals surface area contributed by atoms with Gasteiger partial charge in [-0.2, -0.15) is 0 Å². The first kappa shape index (κ1) is 20.4. The zero-order chi connectivity index (χ0) is 21.4. The van der Waals surface area contributed by atoms with Crippen LogP contribution in [0.15, 0.2) is 72.8 Å². The monoisotopic (exact) mass is 427 g/mol. The molecule has 0 bridgehead atoms. The summed E-state index contributed by atoms with van der Waals surface area (Å²) in [6.45, 7) is 6.89. The molecule has 2 nitrogen and oxygen atoms in total. The van der Waals surface area contributed by atoms with E-state index in [1.807, 2.05) is 12.1 Å². The van der Waals surface area contributed by atoms with Gasteiger partial charge in [0.25, 0.3) is 0 Å². The zero-order valence-electron chi connectivity index (χ0n) is 18.3. The van der Waals surface area contributed by atoms with Crippen molar-refractivity contribution < 1.29 is 4.79 Å². The highest BCUT2D eigenvalue weighted by molar-refractivity contribution is 8.14. The highest BCUT2D eigenvalue weighted by Gasteiger charge is 2.29. The van der Waals surface area contributed by atoms with E-state index in [9.17, 15) is 4.79 Å². The molecule has 0 spiro atoms. The average Bonchev–Trinajstić information content (AvgIpc) is 3.11. The van der Waals surface area contributed by atoms with Gasteiger partial charge in [-0.05, 0) is 64.8 Å². The molecule has 1 fully saturated rings. The molecule has 0 saturated carbocycles. The molecule has 3 aromatic carbocycles. The lowest BCUT2D eigenvalue weighted by Crippen LogP contribution is -2.37. The van der Waals surface area contributed by atoms with Gasteiger partial charge >= 0.3 is 0 Å². The van der Waals surface area contributed by atoms with E-state index < -0.39 is 0 Å². The van der Waals surface area contributed by atoms with E-state index in [0.717, 1.165) is 24.4 Å². The molecule has 3 heteroatoms. The number of thioether (sulfide) groups is 1. The van der Waals surface area contributed by atoms with Crippen molar-refractivity contribution in [2.45, 2.75) is 32.6 Å². The molecule has 1 aliphatic carbocycles. The fraction of sp³-hybridized carbons (Fsp3) is 0.321. The molecule has 158 valence electrons. The molecular weight excluding hydrogens is 398 g/mol. The number of rotatable bonds is 4. The molecule has 0 amide bonds. The van der Waals surface area contributed by atoms with Crippen molar-refractivity contribution in [3.8, 4) is 11.1 Å². The Hall–Kier alpha value is -2.52. The zero-order valence-corrected chi connectivity index (χ0v) is 19.1. The van der Waals surface area contributed by atoms with Gasteiger partial charge in [-0.1, -0.05) is 74.1 Å². The summed E-state index contributed by atoms with van der Waals surface area (Å²) in [6.07, 6.45) is 2.43. The van der Waals surface area contributed by atoms with Gasteiger partial charge in [-0.3, -0.25) is 4.79 Å². The summed E-state index contributed by atoms with van der Waals surface area (Å²) in [4.78, 5) is 15.4. The number of hydrogen-bond donors (Lipinski definition) is 0. The molecule has 5 rings (SSSR count). The van der Waals surface area contributed by atoms with Gasteiger partial charge in [0.15, 0.2) is 0 Å². The van der Waals surface area contributed by atoms with Crippen LogP contribution in [0.1, 0.15) is 54.1 Å². The predicted molar refractivity (Wildman–Crippen MR) is 132 cm³/mol. The molecule has 1 heterocycles. The summed E-state index contributed by atoms with van der Waals surface area (Å²) in [5.74, 6) is 1.05. The van der Waals surface area contributed by atoms with Gasteiger partial charge in [-0.25, -0.2) is 0 Å². The van der Waals surface area contributed by atoms with E-state index in [1.54, 1.807) is 0 Å². The molecule has 31 heavy (non-hydrogen) atoms. The summed E-state index contributed by atoms with van der Waals surface area (Å²) in [5, 5.41) is 0.160. The van der Waals surface area contributed by atoms with Crippen LogP contribution in [0, 0.1) is 5.41 Å². The summed E-state index contributed by atoms with van der Waals surface area (Å²) < 4.78 is 0. The third kappa shape index (κ3) is 4.04. The van der Waals surface area contributed by atoms with Gasteiger partial charge in [0.1, 0.15) is 0 Å². The third-order valence-electron chi connectivity index (χ3n) is 6.93. The second-order valence-corrected chi connectivity index (χ2v) is 10.5. The standard InChI is InChI=1S/C28H29NOS/c1-28(2)15-17-29(18-16-28)21-13-11-20(12-14-21)27(30)31-19-26-24-9-5-3-7-22(24)23-8-4-6-10-25(23)26/h3-14,26H,15-19H2,1-2H3. The molecule has 0 atom stereocenters. The number of piperidine rings is 1. The van der Waals surface area contributed by atoms with E-state index in [-0.39, 0.29) is 11.0 Å². The third-order valence-corrected chi connectivity index (χ3v) is 7.93. The molecule has 0 aromatic heterocycles. The van der Waals surface area contributed by atoms with Gasteiger partial charge in [0, 0.05) is 36.0 Å². The first-order valence-electron chi connectivity index (χ1n) is 11.2. The van der Waals surface area contributed by atoms with E-state index in [4.69, 9.17) is 0 Å². The minimum atomic E-state index is 0.160. The van der Waals surface area contributed by atoms with Gasteiger partial charge in [0.05, 0.1) is 0 Å². The van der Waals surface area contributed by atoms with Crippen LogP contribution in [0.2, 0.25) is 0 Å². The normalized spacial score (nSPS) is 17.3. The fourth-order valence-electron chi connectivity index (χ4n) is 4.86. The Kier molecular flexibility index (Phi) is 5.39. The number of fused-ring (bicyclic) bond motifs is 3. The SMILES string of the molecule is CC1(C)CCN(c2ccc(C(=O)SCC3c4ccccc4-c4ccccc43)cc2)CC1. The topological polar surface area (TPSA) is 20.3 Å². The Bertz CT molecular complexity index is 1050. The molecule has 1 saturated heterocycles. The largest absolute Gasteiger partial charge is 0.371 e. The maximum atomic E-state index is 12.9. The smallest absolute Gasteiger partial charge is 0.219 e. The second-order valence-electron chi connectivity index (χ2n) is 9.52. The van der Waals surface area contributed by atoms with Crippen LogP contribution >= 0.6 is 11.8 Å². The van der Waals surface area contributed by atoms with E-state index >= 15 is 0 Å². The van der Waals surface area contributed by atoms with Crippen molar-refractivity contribution >= 4 is 22.6 Å². The van der Waals surface area contributed by atoms with Crippen LogP contribution in [0.5, 0.6) is 0 Å². The highest BCUT2D eigenvalue weighted by Crippen LogP contribution is 2.46. The number of carbonyl (C=O) groups is 1. The average molecular weight is 428 g/mol. The van der Waals surface area contributed by atoms with Crippen molar-refractivity contribution in [1.29, 1.82) is 0 Å². The Balaban J connectivity index is 1.26. The first-order chi connectivity index (χ1) is 15.0. The Morgan fingerprint density at radius 2 is 1.42 bits per heavy atom. The summed E-state index contributed by atoms with van der Waals surface area (Å²) >= 11 is 1.44. The number of benzene rings is 3. The maximum Gasteiger partial charge on any atom is 0.219 e. The van der Waals surface area contributed by atoms with Gasteiger partial charge in [0.2, 0.25) is 5.12 Å². The van der Waals surface area contributed by atoms with Crippen LogP contribution in [0.25, 0.3) is 11.1 Å². The second kappa shape index (κ2) is 8.20. The van der Waals surface area contributed by atoms with E-state index in [1.165, 1.54) is 52.5 Å². The minimum absolute atomic E-state index is 0.160. The van der Waals surface area contributed by atoms with Gasteiger partial charge in [-0.15, -0.1) is 0 Å².